The molecule has 1 heterocycles. The molecule has 1 aromatic heterocycles. The Morgan fingerprint density at radius 2 is 2.11 bits per heavy atom. The van der Waals surface area contributed by atoms with Gasteiger partial charge in [0.05, 0.1) is 0 Å². The van der Waals surface area contributed by atoms with Crippen LogP contribution < -0.4 is 16.4 Å². The van der Waals surface area contributed by atoms with Crippen LogP contribution in [0.25, 0.3) is 0 Å². The lowest BCUT2D eigenvalue weighted by atomic mass is 10.3. The third-order valence-electron chi connectivity index (χ3n) is 2.03. The summed E-state index contributed by atoms with van der Waals surface area (Å²) in [7, 11) is 0. The zero-order valence-corrected chi connectivity index (χ0v) is 11.3. The van der Waals surface area contributed by atoms with E-state index in [1.54, 1.807) is 0 Å². The molecule has 0 atom stereocenters. The first-order chi connectivity index (χ1) is 8.50. The molecule has 0 unspecified atom stereocenters. The molecule has 6 nitrogen and oxygen atoms in total. The molecular weight excluding hydrogens is 250 g/mol. The number of thiocarbonyl (C=S) groups is 1. The van der Waals surface area contributed by atoms with Crippen molar-refractivity contribution in [2.45, 2.75) is 26.3 Å². The predicted molar refractivity (Wildman–Crippen MR) is 74.3 cm³/mol. The zero-order chi connectivity index (χ0) is 13.5. The first kappa shape index (κ1) is 14.3. The summed E-state index contributed by atoms with van der Waals surface area (Å²) in [6, 6.07) is 0.140. The van der Waals surface area contributed by atoms with E-state index in [2.05, 4.69) is 20.6 Å². The fourth-order valence-electron chi connectivity index (χ4n) is 1.34. The zero-order valence-electron chi connectivity index (χ0n) is 10.4. The Balaban J connectivity index is 2.49. The molecule has 7 heteroatoms. The van der Waals surface area contributed by atoms with Crippen molar-refractivity contribution in [3.63, 3.8) is 0 Å². The van der Waals surface area contributed by atoms with Crippen LogP contribution in [0.4, 0.5) is 5.82 Å². The minimum absolute atomic E-state index is 0.0155. The van der Waals surface area contributed by atoms with Crippen LogP contribution in [0.1, 0.15) is 26.0 Å². The monoisotopic (exact) mass is 267 g/mol. The number of nitrogens with two attached hydrogens (primary N) is 1. The number of hydrogen-bond donors (Lipinski definition) is 3. The van der Waals surface area contributed by atoms with Crippen LogP contribution in [-0.4, -0.2) is 33.5 Å². The van der Waals surface area contributed by atoms with Crippen molar-refractivity contribution in [1.82, 2.24) is 15.3 Å². The van der Waals surface area contributed by atoms with Gasteiger partial charge in [0.1, 0.15) is 10.7 Å². The number of nitrogens with one attached hydrogen (secondary N) is 2. The number of aromatic nitrogens is 2. The second-order valence-electron chi connectivity index (χ2n) is 4.02. The third-order valence-corrected chi connectivity index (χ3v) is 2.22. The molecule has 0 aliphatic carbocycles. The van der Waals surface area contributed by atoms with Crippen LogP contribution in [0.3, 0.4) is 0 Å². The van der Waals surface area contributed by atoms with E-state index in [1.807, 2.05) is 13.8 Å². The van der Waals surface area contributed by atoms with E-state index in [1.165, 1.54) is 12.4 Å². The first-order valence-electron chi connectivity index (χ1n) is 5.64. The normalized spacial score (nSPS) is 10.2. The molecule has 18 heavy (non-hydrogen) atoms. The quantitative estimate of drug-likeness (QED) is 0.648. The fraction of sp³-hybridized carbons (Fsp3) is 0.455. The Morgan fingerprint density at radius 3 is 2.72 bits per heavy atom. The standard InChI is InChI=1S/C11H17N5OS/c1-7(2)16-8(17)3-4-14-11-9(10(12)18)13-5-6-15-11/h5-7H,3-4H2,1-2H3,(H2,12,18)(H,14,15)(H,16,17). The lowest BCUT2D eigenvalue weighted by molar-refractivity contribution is -0.121. The molecule has 0 saturated carbocycles. The maximum Gasteiger partial charge on any atom is 0.221 e. The van der Waals surface area contributed by atoms with E-state index < -0.39 is 0 Å². The van der Waals surface area contributed by atoms with Gasteiger partial charge in [-0.2, -0.15) is 0 Å². The molecule has 0 spiro atoms. The highest BCUT2D eigenvalue weighted by atomic mass is 32.1. The van der Waals surface area contributed by atoms with E-state index in [0.29, 0.717) is 24.5 Å². The maximum absolute atomic E-state index is 11.4. The summed E-state index contributed by atoms with van der Waals surface area (Å²) in [6.45, 7) is 4.28. The second-order valence-corrected chi connectivity index (χ2v) is 4.46. The van der Waals surface area contributed by atoms with Crippen LogP contribution in [0.2, 0.25) is 0 Å². The molecule has 0 aliphatic rings. The van der Waals surface area contributed by atoms with Gasteiger partial charge in [-0.3, -0.25) is 4.79 Å². The van der Waals surface area contributed by atoms with Gasteiger partial charge >= 0.3 is 0 Å². The van der Waals surface area contributed by atoms with Crippen LogP contribution in [0.5, 0.6) is 0 Å². The van der Waals surface area contributed by atoms with Crippen LogP contribution in [0, 0.1) is 0 Å². The highest BCUT2D eigenvalue weighted by Crippen LogP contribution is 2.07. The smallest absolute Gasteiger partial charge is 0.221 e. The summed E-state index contributed by atoms with van der Waals surface area (Å²) in [6.07, 6.45) is 3.41. The highest BCUT2D eigenvalue weighted by molar-refractivity contribution is 7.80. The number of amides is 1. The molecular formula is C11H17N5OS. The summed E-state index contributed by atoms with van der Waals surface area (Å²) in [5.41, 5.74) is 5.96. The van der Waals surface area contributed by atoms with Gasteiger partial charge in [0.2, 0.25) is 5.91 Å². The third kappa shape index (κ3) is 4.62. The van der Waals surface area contributed by atoms with Gasteiger partial charge in [-0.05, 0) is 13.8 Å². The SMILES string of the molecule is CC(C)NC(=O)CCNc1nccnc1C(N)=S. The van der Waals surface area contributed by atoms with Gasteiger partial charge in [0.25, 0.3) is 0 Å². The van der Waals surface area contributed by atoms with Crippen molar-refractivity contribution in [2.24, 2.45) is 5.73 Å². The minimum atomic E-state index is -0.0155. The molecule has 0 radical (unpaired) electrons. The number of carbonyl (C=O) groups is 1. The van der Waals surface area contributed by atoms with Crippen molar-refractivity contribution in [1.29, 1.82) is 0 Å². The second kappa shape index (κ2) is 6.85. The first-order valence-corrected chi connectivity index (χ1v) is 6.05. The van der Waals surface area contributed by atoms with Gasteiger partial charge in [0, 0.05) is 31.4 Å². The lowest BCUT2D eigenvalue weighted by Crippen LogP contribution is -2.31. The van der Waals surface area contributed by atoms with Gasteiger partial charge < -0.3 is 16.4 Å². The van der Waals surface area contributed by atoms with Gasteiger partial charge in [-0.15, -0.1) is 0 Å². The van der Waals surface area contributed by atoms with E-state index >= 15 is 0 Å². The average molecular weight is 267 g/mol. The molecule has 0 bridgehead atoms. The topological polar surface area (TPSA) is 92.9 Å². The lowest BCUT2D eigenvalue weighted by Gasteiger charge is -2.10. The number of hydrogen-bond acceptors (Lipinski definition) is 5. The number of anilines is 1. The fourth-order valence-corrected chi connectivity index (χ4v) is 1.49. The molecule has 0 aromatic carbocycles. The van der Waals surface area contributed by atoms with Crippen LogP contribution in [0.15, 0.2) is 12.4 Å². The Kier molecular flexibility index (Phi) is 5.44. The Morgan fingerprint density at radius 1 is 1.44 bits per heavy atom. The molecule has 0 saturated heterocycles. The molecule has 4 N–H and O–H groups in total. The Hall–Kier alpha value is -1.76. The molecule has 1 rings (SSSR count). The van der Waals surface area contributed by atoms with Gasteiger partial charge in [-0.1, -0.05) is 12.2 Å². The largest absolute Gasteiger partial charge is 0.388 e. The highest BCUT2D eigenvalue weighted by Gasteiger charge is 2.08. The average Bonchev–Trinajstić information content (AvgIpc) is 2.28. The summed E-state index contributed by atoms with van der Waals surface area (Å²) in [4.78, 5) is 19.7. The van der Waals surface area contributed by atoms with Crippen molar-refractivity contribution in [3.05, 3.63) is 18.1 Å². The number of nitrogens with zero attached hydrogens (tertiary/aromatic N) is 2. The van der Waals surface area contributed by atoms with Gasteiger partial charge in [-0.25, -0.2) is 9.97 Å². The number of carbonyl (C=O) groups excluding carboxylic acids is 1. The Bertz CT molecular complexity index is 435. The van der Waals surface area contributed by atoms with E-state index in [9.17, 15) is 4.79 Å². The predicted octanol–water partition coefficient (Wildman–Crippen LogP) is 0.437. The summed E-state index contributed by atoms with van der Waals surface area (Å²) >= 11 is 4.86. The van der Waals surface area contributed by atoms with Crippen LogP contribution in [-0.2, 0) is 4.79 Å². The van der Waals surface area contributed by atoms with Crippen molar-refractivity contribution >= 4 is 28.9 Å². The van der Waals surface area contributed by atoms with E-state index in [4.69, 9.17) is 18.0 Å². The summed E-state index contributed by atoms with van der Waals surface area (Å²) in [5, 5.41) is 5.80. The molecule has 0 aliphatic heterocycles. The number of rotatable bonds is 6. The summed E-state index contributed by atoms with van der Waals surface area (Å²) in [5.74, 6) is 0.487. The minimum Gasteiger partial charge on any atom is -0.388 e. The maximum atomic E-state index is 11.4. The van der Waals surface area contributed by atoms with E-state index in [-0.39, 0.29) is 16.9 Å². The van der Waals surface area contributed by atoms with Crippen molar-refractivity contribution < 1.29 is 4.79 Å². The van der Waals surface area contributed by atoms with Crippen molar-refractivity contribution in [3.8, 4) is 0 Å². The van der Waals surface area contributed by atoms with Crippen LogP contribution >= 0.6 is 12.2 Å². The summed E-state index contributed by atoms with van der Waals surface area (Å²) < 4.78 is 0. The van der Waals surface area contributed by atoms with E-state index in [0.717, 1.165) is 0 Å². The van der Waals surface area contributed by atoms with Crippen molar-refractivity contribution in [2.75, 3.05) is 11.9 Å². The molecule has 98 valence electrons. The molecule has 1 amide bonds. The Labute approximate surface area is 111 Å². The van der Waals surface area contributed by atoms with Gasteiger partial charge in [0.15, 0.2) is 5.82 Å². The molecule has 0 fully saturated rings. The molecule has 1 aromatic rings.